The molecule has 33 heavy (non-hydrogen) atoms. The lowest BCUT2D eigenvalue weighted by Crippen LogP contribution is -2.53. The molecule has 0 aliphatic carbocycles. The van der Waals surface area contributed by atoms with E-state index in [1.165, 1.54) is 6.92 Å². The van der Waals surface area contributed by atoms with Crippen LogP contribution in [0.5, 0.6) is 0 Å². The molecule has 0 unspecified atom stereocenters. The molecule has 0 aliphatic heterocycles. The standard InChI is InChI=1S/C18H19F6N3O4S2/c1-9-12(32-14(25-9)26-13(28)15(2,3)4)33(30,31)27-11-7-5-10(6-8-11)16(29,17(19,20)21)18(22,23)24/h5-8,27,29H,1-4H3,(H,25,26,28). The number of aromatic nitrogens is 1. The van der Waals surface area contributed by atoms with E-state index in [2.05, 4.69) is 10.3 Å². The molecule has 0 spiro atoms. The van der Waals surface area contributed by atoms with E-state index in [4.69, 9.17) is 0 Å². The molecule has 0 atom stereocenters. The fourth-order valence-electron chi connectivity index (χ4n) is 2.44. The number of alkyl halides is 6. The van der Waals surface area contributed by atoms with Crippen molar-refractivity contribution in [2.45, 2.75) is 49.9 Å². The molecular weight excluding hydrogens is 500 g/mol. The lowest BCUT2D eigenvalue weighted by Gasteiger charge is -2.32. The summed E-state index contributed by atoms with van der Waals surface area (Å²) in [5.41, 5.74) is -7.80. The first kappa shape index (κ1) is 26.9. The second-order valence-corrected chi connectivity index (χ2v) is 10.9. The van der Waals surface area contributed by atoms with Gasteiger partial charge in [-0.2, -0.15) is 26.3 Å². The van der Waals surface area contributed by atoms with Gasteiger partial charge in [-0.05, 0) is 19.1 Å². The van der Waals surface area contributed by atoms with Gasteiger partial charge in [0.25, 0.3) is 15.6 Å². The number of amides is 1. The maximum Gasteiger partial charge on any atom is 0.430 e. The Kier molecular flexibility index (Phi) is 6.86. The molecule has 2 aromatic rings. The van der Waals surface area contributed by atoms with Crippen LogP contribution in [0, 0.1) is 12.3 Å². The number of thiazole rings is 1. The molecule has 1 aromatic heterocycles. The molecule has 1 amide bonds. The van der Waals surface area contributed by atoms with Crippen LogP contribution in [0.25, 0.3) is 0 Å². The second kappa shape index (κ2) is 8.43. The maximum absolute atomic E-state index is 13.0. The van der Waals surface area contributed by atoms with Crippen molar-refractivity contribution in [2.75, 3.05) is 10.0 Å². The molecule has 3 N–H and O–H groups in total. The van der Waals surface area contributed by atoms with Crippen LogP contribution in [0.3, 0.4) is 0 Å². The van der Waals surface area contributed by atoms with Gasteiger partial charge in [0.15, 0.2) is 9.34 Å². The van der Waals surface area contributed by atoms with Crippen LogP contribution in [-0.4, -0.2) is 36.8 Å². The quantitative estimate of drug-likeness (QED) is 0.503. The highest BCUT2D eigenvalue weighted by Gasteiger charge is 2.71. The van der Waals surface area contributed by atoms with Crippen LogP contribution in [0.2, 0.25) is 0 Å². The number of anilines is 2. The van der Waals surface area contributed by atoms with Gasteiger partial charge in [0, 0.05) is 16.7 Å². The van der Waals surface area contributed by atoms with Crippen molar-refractivity contribution < 1.29 is 44.7 Å². The van der Waals surface area contributed by atoms with Crippen LogP contribution in [0.1, 0.15) is 32.0 Å². The van der Waals surface area contributed by atoms with Crippen LogP contribution < -0.4 is 10.0 Å². The summed E-state index contributed by atoms with van der Waals surface area (Å²) >= 11 is 0.613. The number of hydrogen-bond acceptors (Lipinski definition) is 6. The zero-order chi connectivity index (χ0) is 25.6. The van der Waals surface area contributed by atoms with E-state index in [-0.39, 0.29) is 20.7 Å². The first-order valence-electron chi connectivity index (χ1n) is 8.98. The highest BCUT2D eigenvalue weighted by molar-refractivity contribution is 7.94. The predicted molar refractivity (Wildman–Crippen MR) is 108 cm³/mol. The number of sulfonamides is 1. The van der Waals surface area contributed by atoms with Crippen molar-refractivity contribution in [3.63, 3.8) is 0 Å². The number of rotatable bonds is 5. The Morgan fingerprint density at radius 1 is 1.00 bits per heavy atom. The Labute approximate surface area is 188 Å². The third kappa shape index (κ3) is 5.41. The summed E-state index contributed by atoms with van der Waals surface area (Å²) in [6, 6.07) is 1.92. The molecule has 7 nitrogen and oxygen atoms in total. The first-order chi connectivity index (χ1) is 14.7. The zero-order valence-electron chi connectivity index (χ0n) is 17.5. The molecule has 0 radical (unpaired) electrons. The van der Waals surface area contributed by atoms with Gasteiger partial charge in [-0.15, -0.1) is 0 Å². The zero-order valence-corrected chi connectivity index (χ0v) is 19.1. The predicted octanol–water partition coefficient (Wildman–Crippen LogP) is 4.55. The van der Waals surface area contributed by atoms with Crippen LogP contribution >= 0.6 is 11.3 Å². The van der Waals surface area contributed by atoms with Gasteiger partial charge in [-0.1, -0.05) is 44.2 Å². The second-order valence-electron chi connectivity index (χ2n) is 7.98. The summed E-state index contributed by atoms with van der Waals surface area (Å²) in [5, 5.41) is 11.9. The number of aliphatic hydroxyl groups is 1. The summed E-state index contributed by atoms with van der Waals surface area (Å²) in [6.07, 6.45) is -12.1. The molecule has 15 heteroatoms. The Bertz CT molecular complexity index is 1120. The minimum Gasteiger partial charge on any atom is -0.369 e. The Morgan fingerprint density at radius 2 is 1.48 bits per heavy atom. The molecule has 1 aromatic carbocycles. The fourth-order valence-corrected chi connectivity index (χ4v) is 4.91. The Balaban J connectivity index is 2.33. The maximum atomic E-state index is 13.0. The van der Waals surface area contributed by atoms with E-state index >= 15 is 0 Å². The minimum absolute atomic E-state index is 0.0106. The lowest BCUT2D eigenvalue weighted by atomic mass is 9.92. The summed E-state index contributed by atoms with van der Waals surface area (Å²) in [5.74, 6) is -0.425. The van der Waals surface area contributed by atoms with Gasteiger partial charge in [-0.3, -0.25) is 9.52 Å². The van der Waals surface area contributed by atoms with Crippen molar-refractivity contribution in [1.82, 2.24) is 4.98 Å². The van der Waals surface area contributed by atoms with Gasteiger partial charge < -0.3 is 10.4 Å². The van der Waals surface area contributed by atoms with E-state index in [0.717, 1.165) is 0 Å². The average Bonchev–Trinajstić information content (AvgIpc) is 3.00. The average molecular weight is 519 g/mol. The molecular formula is C18H19F6N3O4S2. The van der Waals surface area contributed by atoms with E-state index < -0.39 is 44.9 Å². The summed E-state index contributed by atoms with van der Waals surface area (Å²) in [7, 11) is -4.35. The number of benzene rings is 1. The largest absolute Gasteiger partial charge is 0.430 e. The van der Waals surface area contributed by atoms with Gasteiger partial charge in [-0.25, -0.2) is 13.4 Å². The number of halogens is 6. The number of carbonyl (C=O) groups excluding carboxylic acids is 1. The Morgan fingerprint density at radius 3 is 1.91 bits per heavy atom. The van der Waals surface area contributed by atoms with E-state index in [1.807, 2.05) is 4.72 Å². The Hall–Kier alpha value is -2.39. The monoisotopic (exact) mass is 519 g/mol. The highest BCUT2D eigenvalue weighted by Crippen LogP contribution is 2.50. The molecule has 1 heterocycles. The number of carbonyl (C=O) groups is 1. The third-order valence-corrected chi connectivity index (χ3v) is 7.34. The molecule has 0 aliphatic rings. The van der Waals surface area contributed by atoms with E-state index in [9.17, 15) is 44.7 Å². The van der Waals surface area contributed by atoms with E-state index in [0.29, 0.717) is 35.6 Å². The van der Waals surface area contributed by atoms with Crippen LogP contribution in [0.4, 0.5) is 37.2 Å². The number of aryl methyl sites for hydroxylation is 1. The molecule has 184 valence electrons. The van der Waals surface area contributed by atoms with Crippen LogP contribution in [-0.2, 0) is 20.4 Å². The first-order valence-corrected chi connectivity index (χ1v) is 11.3. The van der Waals surface area contributed by atoms with Crippen molar-refractivity contribution in [3.05, 3.63) is 35.5 Å². The normalized spacial score (nSPS) is 13.7. The topological polar surface area (TPSA) is 108 Å². The van der Waals surface area contributed by atoms with Crippen LogP contribution in [0.15, 0.2) is 28.5 Å². The van der Waals surface area contributed by atoms with Crippen molar-refractivity contribution in [1.29, 1.82) is 0 Å². The summed E-state index contributed by atoms with van der Waals surface area (Å²) in [6.45, 7) is 6.23. The highest BCUT2D eigenvalue weighted by atomic mass is 32.2. The van der Waals surface area contributed by atoms with E-state index in [1.54, 1.807) is 20.8 Å². The van der Waals surface area contributed by atoms with Crippen molar-refractivity contribution in [2.24, 2.45) is 5.41 Å². The molecule has 0 bridgehead atoms. The number of hydrogen-bond donors (Lipinski definition) is 3. The van der Waals surface area contributed by atoms with Crippen molar-refractivity contribution in [3.8, 4) is 0 Å². The smallest absolute Gasteiger partial charge is 0.369 e. The molecule has 0 saturated heterocycles. The molecule has 0 fully saturated rings. The molecule has 2 rings (SSSR count). The van der Waals surface area contributed by atoms with Gasteiger partial charge in [0.1, 0.15) is 0 Å². The lowest BCUT2D eigenvalue weighted by molar-refractivity contribution is -0.376. The number of nitrogens with one attached hydrogen (secondary N) is 2. The van der Waals surface area contributed by atoms with Gasteiger partial charge >= 0.3 is 12.4 Å². The van der Waals surface area contributed by atoms with Gasteiger partial charge in [0.2, 0.25) is 5.91 Å². The van der Waals surface area contributed by atoms with Crippen molar-refractivity contribution >= 4 is 38.1 Å². The fraction of sp³-hybridized carbons (Fsp3) is 0.444. The van der Waals surface area contributed by atoms with Gasteiger partial charge in [0.05, 0.1) is 5.69 Å². The molecule has 0 saturated carbocycles. The SMILES string of the molecule is Cc1nc(NC(=O)C(C)(C)C)sc1S(=O)(=O)Nc1ccc(C(O)(C(F)(F)F)C(F)(F)F)cc1. The third-order valence-electron chi connectivity index (χ3n) is 4.28. The summed E-state index contributed by atoms with van der Waals surface area (Å²) in [4.78, 5) is 16.0. The minimum atomic E-state index is -6.07. The summed E-state index contributed by atoms with van der Waals surface area (Å²) < 4.78 is 105. The number of nitrogens with zero attached hydrogens (tertiary/aromatic N) is 1.